The number of benzene rings is 1. The zero-order chi connectivity index (χ0) is 12.3. The van der Waals surface area contributed by atoms with Gasteiger partial charge in [0.1, 0.15) is 0 Å². The molecule has 1 N–H and O–H groups in total. The summed E-state index contributed by atoms with van der Waals surface area (Å²) in [5.74, 6) is 0. The highest BCUT2D eigenvalue weighted by Gasteiger charge is 2.39. The standard InChI is InChI=1S/C15H24N2/c1-4-15(5-2)11-17(12-15)14-8-6-7-13(9-14)10-16-3/h6-9,16H,4-5,10-12H2,1-3H3. The van der Waals surface area contributed by atoms with Crippen LogP contribution in [-0.2, 0) is 6.54 Å². The van der Waals surface area contributed by atoms with E-state index in [-0.39, 0.29) is 0 Å². The minimum atomic E-state index is 0.582. The van der Waals surface area contributed by atoms with Gasteiger partial charge in [-0.25, -0.2) is 0 Å². The molecule has 1 saturated heterocycles. The summed E-state index contributed by atoms with van der Waals surface area (Å²) in [6, 6.07) is 8.90. The van der Waals surface area contributed by atoms with Gasteiger partial charge in [0, 0.05) is 30.7 Å². The molecule has 2 rings (SSSR count). The number of anilines is 1. The molecule has 2 heteroatoms. The van der Waals surface area contributed by atoms with Crippen molar-refractivity contribution in [3.05, 3.63) is 29.8 Å². The molecule has 0 aliphatic carbocycles. The Bertz CT molecular complexity index is 361. The van der Waals surface area contributed by atoms with Crippen LogP contribution in [-0.4, -0.2) is 20.1 Å². The smallest absolute Gasteiger partial charge is 0.0369 e. The summed E-state index contributed by atoms with van der Waals surface area (Å²) in [4.78, 5) is 2.51. The van der Waals surface area contributed by atoms with Crippen molar-refractivity contribution >= 4 is 5.69 Å². The van der Waals surface area contributed by atoms with Crippen molar-refractivity contribution in [3.8, 4) is 0 Å². The van der Waals surface area contributed by atoms with Crippen molar-refractivity contribution in [1.82, 2.24) is 5.32 Å². The maximum Gasteiger partial charge on any atom is 0.0369 e. The van der Waals surface area contributed by atoms with E-state index in [0.29, 0.717) is 5.41 Å². The number of nitrogens with one attached hydrogen (secondary N) is 1. The van der Waals surface area contributed by atoms with Gasteiger partial charge >= 0.3 is 0 Å². The normalized spacial score (nSPS) is 17.9. The minimum absolute atomic E-state index is 0.582. The lowest BCUT2D eigenvalue weighted by molar-refractivity contribution is 0.194. The van der Waals surface area contributed by atoms with Crippen LogP contribution in [0.4, 0.5) is 5.69 Å². The van der Waals surface area contributed by atoms with Crippen LogP contribution in [0.3, 0.4) is 0 Å². The molecule has 0 saturated carbocycles. The average Bonchev–Trinajstić information content (AvgIpc) is 2.30. The van der Waals surface area contributed by atoms with Crippen molar-refractivity contribution < 1.29 is 0 Å². The second kappa shape index (κ2) is 5.09. The molecule has 94 valence electrons. The SMILES string of the molecule is CCC1(CC)CN(c2cccc(CNC)c2)C1. The Morgan fingerprint density at radius 2 is 1.94 bits per heavy atom. The van der Waals surface area contributed by atoms with Gasteiger partial charge in [0.2, 0.25) is 0 Å². The molecule has 1 aromatic carbocycles. The van der Waals surface area contributed by atoms with E-state index in [4.69, 9.17) is 0 Å². The van der Waals surface area contributed by atoms with Gasteiger partial charge in [0.05, 0.1) is 0 Å². The number of hydrogen-bond acceptors (Lipinski definition) is 2. The van der Waals surface area contributed by atoms with E-state index in [2.05, 4.69) is 48.3 Å². The molecular formula is C15H24N2. The number of hydrogen-bond donors (Lipinski definition) is 1. The largest absolute Gasteiger partial charge is 0.370 e. The summed E-state index contributed by atoms with van der Waals surface area (Å²) in [6.07, 6.45) is 2.60. The topological polar surface area (TPSA) is 15.3 Å². The van der Waals surface area contributed by atoms with Crippen LogP contribution in [0.25, 0.3) is 0 Å². The Labute approximate surface area is 105 Å². The van der Waals surface area contributed by atoms with Gasteiger partial charge in [0.15, 0.2) is 0 Å². The Morgan fingerprint density at radius 1 is 1.24 bits per heavy atom. The predicted octanol–water partition coefficient (Wildman–Crippen LogP) is 3.03. The third-order valence-corrected chi connectivity index (χ3v) is 4.21. The maximum atomic E-state index is 3.21. The highest BCUT2D eigenvalue weighted by atomic mass is 15.2. The zero-order valence-corrected chi connectivity index (χ0v) is 11.3. The molecule has 0 unspecified atom stereocenters. The third-order valence-electron chi connectivity index (χ3n) is 4.21. The quantitative estimate of drug-likeness (QED) is 0.839. The first-order valence-electron chi connectivity index (χ1n) is 6.71. The molecule has 0 bridgehead atoms. The fraction of sp³-hybridized carbons (Fsp3) is 0.600. The van der Waals surface area contributed by atoms with Crippen molar-refractivity contribution in [2.24, 2.45) is 5.41 Å². The minimum Gasteiger partial charge on any atom is -0.370 e. The average molecular weight is 232 g/mol. The summed E-state index contributed by atoms with van der Waals surface area (Å²) in [6.45, 7) is 8.04. The van der Waals surface area contributed by atoms with E-state index < -0.39 is 0 Å². The van der Waals surface area contributed by atoms with Gasteiger partial charge in [-0.05, 0) is 37.6 Å². The van der Waals surface area contributed by atoms with E-state index in [1.165, 1.54) is 37.2 Å². The molecule has 0 aromatic heterocycles. The first-order valence-corrected chi connectivity index (χ1v) is 6.71. The Kier molecular flexibility index (Phi) is 3.72. The van der Waals surface area contributed by atoms with E-state index in [9.17, 15) is 0 Å². The molecule has 1 fully saturated rings. The highest BCUT2D eigenvalue weighted by Crippen LogP contribution is 2.39. The summed E-state index contributed by atoms with van der Waals surface area (Å²) in [5.41, 5.74) is 3.34. The maximum absolute atomic E-state index is 3.21. The Hall–Kier alpha value is -1.02. The number of nitrogens with zero attached hydrogens (tertiary/aromatic N) is 1. The molecule has 0 spiro atoms. The van der Waals surface area contributed by atoms with Crippen molar-refractivity contribution in [2.75, 3.05) is 25.0 Å². The summed E-state index contributed by atoms with van der Waals surface area (Å²) < 4.78 is 0. The van der Waals surface area contributed by atoms with Gasteiger partial charge in [-0.15, -0.1) is 0 Å². The molecule has 0 atom stereocenters. The lowest BCUT2D eigenvalue weighted by atomic mass is 9.75. The van der Waals surface area contributed by atoms with Crippen LogP contribution in [0.2, 0.25) is 0 Å². The van der Waals surface area contributed by atoms with Crippen molar-refractivity contribution in [3.63, 3.8) is 0 Å². The second-order valence-electron chi connectivity index (χ2n) is 5.26. The fourth-order valence-corrected chi connectivity index (χ4v) is 2.71. The van der Waals surface area contributed by atoms with Crippen molar-refractivity contribution in [1.29, 1.82) is 0 Å². The zero-order valence-electron chi connectivity index (χ0n) is 11.3. The summed E-state index contributed by atoms with van der Waals surface area (Å²) in [5, 5.41) is 3.21. The molecule has 1 aliphatic rings. The van der Waals surface area contributed by atoms with Gasteiger partial charge in [-0.1, -0.05) is 26.0 Å². The van der Waals surface area contributed by atoms with Crippen LogP contribution in [0.5, 0.6) is 0 Å². The highest BCUT2D eigenvalue weighted by molar-refractivity contribution is 5.51. The van der Waals surface area contributed by atoms with Crippen LogP contribution in [0.15, 0.2) is 24.3 Å². The molecule has 0 amide bonds. The second-order valence-corrected chi connectivity index (χ2v) is 5.26. The van der Waals surface area contributed by atoms with E-state index in [1.807, 2.05) is 7.05 Å². The number of rotatable bonds is 5. The molecule has 1 aromatic rings. The third kappa shape index (κ3) is 2.47. The lowest BCUT2D eigenvalue weighted by Crippen LogP contribution is -2.55. The Morgan fingerprint density at radius 3 is 2.53 bits per heavy atom. The summed E-state index contributed by atoms with van der Waals surface area (Å²) >= 11 is 0. The van der Waals surface area contributed by atoms with Gasteiger partial charge in [0.25, 0.3) is 0 Å². The van der Waals surface area contributed by atoms with E-state index in [1.54, 1.807) is 0 Å². The van der Waals surface area contributed by atoms with E-state index in [0.717, 1.165) is 6.54 Å². The first kappa shape index (κ1) is 12.4. The van der Waals surface area contributed by atoms with Crippen LogP contribution in [0.1, 0.15) is 32.3 Å². The Balaban J connectivity index is 2.03. The van der Waals surface area contributed by atoms with Crippen molar-refractivity contribution in [2.45, 2.75) is 33.2 Å². The molecule has 1 heterocycles. The van der Waals surface area contributed by atoms with Crippen LogP contribution in [0, 0.1) is 5.41 Å². The monoisotopic (exact) mass is 232 g/mol. The summed E-state index contributed by atoms with van der Waals surface area (Å²) in [7, 11) is 2.00. The van der Waals surface area contributed by atoms with Crippen LogP contribution < -0.4 is 10.2 Å². The molecule has 0 radical (unpaired) electrons. The lowest BCUT2D eigenvalue weighted by Gasteiger charge is -2.51. The van der Waals surface area contributed by atoms with E-state index >= 15 is 0 Å². The predicted molar refractivity (Wildman–Crippen MR) is 74.4 cm³/mol. The molecule has 2 nitrogen and oxygen atoms in total. The van der Waals surface area contributed by atoms with Crippen LogP contribution >= 0.6 is 0 Å². The molecular weight excluding hydrogens is 208 g/mol. The van der Waals surface area contributed by atoms with Gasteiger partial charge in [-0.3, -0.25) is 0 Å². The first-order chi connectivity index (χ1) is 8.23. The van der Waals surface area contributed by atoms with Gasteiger partial charge < -0.3 is 10.2 Å². The molecule has 17 heavy (non-hydrogen) atoms. The molecule has 1 aliphatic heterocycles. The fourth-order valence-electron chi connectivity index (χ4n) is 2.71. The van der Waals surface area contributed by atoms with Gasteiger partial charge in [-0.2, -0.15) is 0 Å².